The molecule has 5 rings (SSSR count). The first-order valence-electron chi connectivity index (χ1n) is 8.34. The van der Waals surface area contributed by atoms with E-state index in [1.54, 1.807) is 0 Å². The minimum absolute atomic E-state index is 0.533. The molecule has 18 heavy (non-hydrogen) atoms. The van der Waals surface area contributed by atoms with Crippen LogP contribution in [0.1, 0.15) is 71.1 Å². The first-order valence-corrected chi connectivity index (χ1v) is 8.34. The van der Waals surface area contributed by atoms with E-state index in [0.29, 0.717) is 16.9 Å². The summed E-state index contributed by atoms with van der Waals surface area (Å²) in [5, 5.41) is 0. The molecule has 1 nitrogen and oxygen atoms in total. The summed E-state index contributed by atoms with van der Waals surface area (Å²) in [5.74, 6) is 2.93. The fraction of sp³-hybridized carbons (Fsp3) is 1.00. The predicted molar refractivity (Wildman–Crippen MR) is 75.2 cm³/mol. The van der Waals surface area contributed by atoms with Crippen LogP contribution in [-0.4, -0.2) is 6.04 Å². The van der Waals surface area contributed by atoms with Crippen LogP contribution in [0.4, 0.5) is 0 Å². The molecule has 102 valence electrons. The zero-order valence-electron chi connectivity index (χ0n) is 12.0. The minimum atomic E-state index is 0.533. The average molecular weight is 247 g/mol. The maximum Gasteiger partial charge on any atom is 0.0124 e. The van der Waals surface area contributed by atoms with E-state index in [2.05, 4.69) is 6.92 Å². The Morgan fingerprint density at radius 1 is 1.00 bits per heavy atom. The highest BCUT2D eigenvalue weighted by Crippen LogP contribution is 2.66. The molecular weight excluding hydrogens is 218 g/mol. The van der Waals surface area contributed by atoms with Crippen molar-refractivity contribution in [3.63, 3.8) is 0 Å². The molecule has 5 saturated carbocycles. The lowest BCUT2D eigenvalue weighted by Gasteiger charge is -2.63. The Kier molecular flexibility index (Phi) is 2.45. The van der Waals surface area contributed by atoms with Crippen molar-refractivity contribution in [2.24, 2.45) is 34.3 Å². The Balaban J connectivity index is 1.62. The summed E-state index contributed by atoms with van der Waals surface area (Å²) in [6.07, 6.45) is 14.7. The quantitative estimate of drug-likeness (QED) is 0.781. The zero-order valence-corrected chi connectivity index (χ0v) is 12.0. The molecule has 0 radical (unpaired) electrons. The number of rotatable bonds is 2. The van der Waals surface area contributed by atoms with Gasteiger partial charge in [0.2, 0.25) is 0 Å². The van der Waals surface area contributed by atoms with Gasteiger partial charge in [-0.05, 0) is 80.0 Å². The van der Waals surface area contributed by atoms with Crippen LogP contribution in [0.3, 0.4) is 0 Å². The van der Waals surface area contributed by atoms with Crippen LogP contribution in [0.15, 0.2) is 0 Å². The monoisotopic (exact) mass is 247 g/mol. The van der Waals surface area contributed by atoms with Crippen LogP contribution in [-0.2, 0) is 0 Å². The van der Waals surface area contributed by atoms with Crippen molar-refractivity contribution in [2.45, 2.75) is 77.2 Å². The molecule has 0 aromatic carbocycles. The van der Waals surface area contributed by atoms with Gasteiger partial charge in [0, 0.05) is 6.04 Å². The molecule has 2 N–H and O–H groups in total. The van der Waals surface area contributed by atoms with E-state index >= 15 is 0 Å². The lowest BCUT2D eigenvalue weighted by atomic mass is 9.42. The van der Waals surface area contributed by atoms with Gasteiger partial charge in [-0.3, -0.25) is 0 Å². The van der Waals surface area contributed by atoms with Gasteiger partial charge in [-0.1, -0.05) is 19.8 Å². The van der Waals surface area contributed by atoms with Gasteiger partial charge in [-0.2, -0.15) is 0 Å². The standard InChI is InChI=1S/C17H29N/c1-16-7-12-6-13(8-16)10-17(9-12,11-16)15(18)14-4-2-3-5-14/h12-15H,2-11,18H2,1H3. The van der Waals surface area contributed by atoms with E-state index in [0.717, 1.165) is 17.8 Å². The maximum atomic E-state index is 6.84. The van der Waals surface area contributed by atoms with Gasteiger partial charge in [-0.25, -0.2) is 0 Å². The van der Waals surface area contributed by atoms with Gasteiger partial charge in [0.1, 0.15) is 0 Å². The second kappa shape index (κ2) is 3.75. The van der Waals surface area contributed by atoms with Gasteiger partial charge in [0.05, 0.1) is 0 Å². The van der Waals surface area contributed by atoms with E-state index < -0.39 is 0 Å². The average Bonchev–Trinajstić information content (AvgIpc) is 2.77. The Morgan fingerprint density at radius 2 is 1.61 bits per heavy atom. The van der Waals surface area contributed by atoms with Gasteiger partial charge >= 0.3 is 0 Å². The molecule has 5 aliphatic carbocycles. The summed E-state index contributed by atoms with van der Waals surface area (Å²) in [6.45, 7) is 2.57. The van der Waals surface area contributed by atoms with Crippen molar-refractivity contribution in [2.75, 3.05) is 0 Å². The first-order chi connectivity index (χ1) is 8.59. The van der Waals surface area contributed by atoms with Crippen molar-refractivity contribution >= 4 is 0 Å². The summed E-state index contributed by atoms with van der Waals surface area (Å²) < 4.78 is 0. The molecule has 5 aliphatic rings. The molecule has 0 aromatic heterocycles. The Bertz CT molecular complexity index is 328. The smallest absolute Gasteiger partial charge is 0.0124 e. The van der Waals surface area contributed by atoms with Crippen molar-refractivity contribution in [1.82, 2.24) is 0 Å². The third kappa shape index (κ3) is 1.62. The summed E-state index contributed by atoms with van der Waals surface area (Å²) >= 11 is 0. The zero-order chi connectivity index (χ0) is 12.4. The van der Waals surface area contributed by atoms with E-state index in [9.17, 15) is 0 Å². The molecule has 0 spiro atoms. The number of hydrogen-bond donors (Lipinski definition) is 1. The van der Waals surface area contributed by atoms with Crippen LogP contribution in [0.2, 0.25) is 0 Å². The fourth-order valence-corrected chi connectivity index (χ4v) is 7.00. The molecule has 1 heteroatoms. The molecule has 0 heterocycles. The SMILES string of the molecule is CC12CC3CC(C1)CC(C(N)C1CCCC1)(C3)C2. The highest BCUT2D eigenvalue weighted by Gasteiger charge is 2.58. The van der Waals surface area contributed by atoms with Gasteiger partial charge in [0.25, 0.3) is 0 Å². The Hall–Kier alpha value is -0.0400. The fourth-order valence-electron chi connectivity index (χ4n) is 7.00. The van der Waals surface area contributed by atoms with Crippen molar-refractivity contribution in [1.29, 1.82) is 0 Å². The normalized spacial score (nSPS) is 53.0. The summed E-state index contributed by atoms with van der Waals surface area (Å²) in [5.41, 5.74) is 8.07. The molecule has 5 fully saturated rings. The van der Waals surface area contributed by atoms with Crippen LogP contribution < -0.4 is 5.73 Å². The minimum Gasteiger partial charge on any atom is -0.327 e. The predicted octanol–water partition coefficient (Wildman–Crippen LogP) is 4.11. The number of nitrogens with two attached hydrogens (primary N) is 1. The second-order valence-corrected chi connectivity index (χ2v) is 8.70. The highest BCUT2D eigenvalue weighted by molar-refractivity contribution is 5.10. The Labute approximate surface area is 112 Å². The van der Waals surface area contributed by atoms with E-state index in [4.69, 9.17) is 5.73 Å². The van der Waals surface area contributed by atoms with Crippen molar-refractivity contribution in [3.8, 4) is 0 Å². The van der Waals surface area contributed by atoms with Crippen LogP contribution in [0.25, 0.3) is 0 Å². The molecule has 0 saturated heterocycles. The topological polar surface area (TPSA) is 26.0 Å². The molecule has 3 unspecified atom stereocenters. The largest absolute Gasteiger partial charge is 0.327 e. The highest BCUT2D eigenvalue weighted by atomic mass is 14.8. The summed E-state index contributed by atoms with van der Waals surface area (Å²) in [6, 6.07) is 0.533. The molecule has 0 amide bonds. The summed E-state index contributed by atoms with van der Waals surface area (Å²) in [4.78, 5) is 0. The van der Waals surface area contributed by atoms with Crippen molar-refractivity contribution < 1.29 is 0 Å². The first kappa shape index (κ1) is 11.8. The van der Waals surface area contributed by atoms with Gasteiger partial charge in [0.15, 0.2) is 0 Å². The van der Waals surface area contributed by atoms with E-state index in [-0.39, 0.29) is 0 Å². The lowest BCUT2D eigenvalue weighted by molar-refractivity contribution is -0.120. The molecule has 0 aliphatic heterocycles. The second-order valence-electron chi connectivity index (χ2n) is 8.70. The number of hydrogen-bond acceptors (Lipinski definition) is 1. The van der Waals surface area contributed by atoms with Crippen LogP contribution in [0, 0.1) is 28.6 Å². The Morgan fingerprint density at radius 3 is 2.17 bits per heavy atom. The van der Waals surface area contributed by atoms with Crippen LogP contribution >= 0.6 is 0 Å². The lowest BCUT2D eigenvalue weighted by Crippen LogP contribution is -2.59. The van der Waals surface area contributed by atoms with Gasteiger partial charge in [-0.15, -0.1) is 0 Å². The molecular formula is C17H29N. The van der Waals surface area contributed by atoms with E-state index in [1.165, 1.54) is 64.2 Å². The third-order valence-corrected chi connectivity index (χ3v) is 7.01. The molecule has 3 atom stereocenters. The molecule has 4 bridgehead atoms. The van der Waals surface area contributed by atoms with Gasteiger partial charge < -0.3 is 5.73 Å². The molecule has 0 aromatic rings. The van der Waals surface area contributed by atoms with Crippen molar-refractivity contribution in [3.05, 3.63) is 0 Å². The maximum absolute atomic E-state index is 6.84. The third-order valence-electron chi connectivity index (χ3n) is 7.01. The summed E-state index contributed by atoms with van der Waals surface area (Å²) in [7, 11) is 0. The van der Waals surface area contributed by atoms with Crippen LogP contribution in [0.5, 0.6) is 0 Å². The van der Waals surface area contributed by atoms with E-state index in [1.807, 2.05) is 0 Å².